The van der Waals surface area contributed by atoms with Gasteiger partial charge in [0.2, 0.25) is 0 Å². The zero-order chi connectivity index (χ0) is 11.4. The summed E-state index contributed by atoms with van der Waals surface area (Å²) in [6.45, 7) is 6.61. The van der Waals surface area contributed by atoms with E-state index in [2.05, 4.69) is 0 Å². The fourth-order valence-corrected chi connectivity index (χ4v) is 1.24. The van der Waals surface area contributed by atoms with E-state index >= 15 is 0 Å². The van der Waals surface area contributed by atoms with Crippen molar-refractivity contribution in [2.24, 2.45) is 5.92 Å². The van der Waals surface area contributed by atoms with Gasteiger partial charge in [-0.25, -0.2) is 0 Å². The molecule has 0 saturated carbocycles. The van der Waals surface area contributed by atoms with E-state index in [9.17, 15) is 0 Å². The monoisotopic (exact) mass is 208 g/mol. The lowest BCUT2D eigenvalue weighted by Crippen LogP contribution is -2.31. The minimum atomic E-state index is -1.48. The second kappa shape index (κ2) is 5.19. The summed E-state index contributed by atoms with van der Waals surface area (Å²) >= 11 is 0. The number of aryl methyl sites for hydroxylation is 1. The van der Waals surface area contributed by atoms with Crippen LogP contribution in [0.15, 0.2) is 18.2 Å². The number of rotatable bonds is 4. The van der Waals surface area contributed by atoms with Crippen molar-refractivity contribution in [3.63, 3.8) is 0 Å². The molecule has 0 bridgehead atoms. The van der Waals surface area contributed by atoms with Crippen molar-refractivity contribution in [2.75, 3.05) is 6.61 Å². The van der Waals surface area contributed by atoms with Gasteiger partial charge >= 0.3 is 7.12 Å². The van der Waals surface area contributed by atoms with Gasteiger partial charge in [0, 0.05) is 5.46 Å². The van der Waals surface area contributed by atoms with Crippen molar-refractivity contribution in [3.05, 3.63) is 23.8 Å². The molecule has 2 N–H and O–H groups in total. The molecule has 0 radical (unpaired) electrons. The summed E-state index contributed by atoms with van der Waals surface area (Å²) in [5.74, 6) is 0.966. The highest BCUT2D eigenvalue weighted by Crippen LogP contribution is 2.12. The maximum absolute atomic E-state index is 9.14. The highest BCUT2D eigenvalue weighted by molar-refractivity contribution is 6.59. The van der Waals surface area contributed by atoms with Crippen LogP contribution >= 0.6 is 0 Å². The van der Waals surface area contributed by atoms with Gasteiger partial charge in [-0.05, 0) is 24.5 Å². The van der Waals surface area contributed by atoms with Gasteiger partial charge in [0.25, 0.3) is 0 Å². The van der Waals surface area contributed by atoms with Crippen LogP contribution in [0, 0.1) is 12.8 Å². The lowest BCUT2D eigenvalue weighted by atomic mass is 9.79. The maximum Gasteiger partial charge on any atom is 0.492 e. The topological polar surface area (TPSA) is 49.7 Å². The third-order valence-corrected chi connectivity index (χ3v) is 2.02. The van der Waals surface area contributed by atoms with E-state index in [-0.39, 0.29) is 0 Å². The molecule has 1 aromatic carbocycles. The summed E-state index contributed by atoms with van der Waals surface area (Å²) in [5, 5.41) is 18.3. The molecule has 0 fully saturated rings. The maximum atomic E-state index is 9.14. The molecule has 3 nitrogen and oxygen atoms in total. The number of benzene rings is 1. The lowest BCUT2D eigenvalue weighted by molar-refractivity contribution is 0.271. The molecule has 0 aliphatic carbocycles. The Morgan fingerprint density at radius 1 is 1.33 bits per heavy atom. The van der Waals surface area contributed by atoms with Gasteiger partial charge in [0.1, 0.15) is 5.75 Å². The van der Waals surface area contributed by atoms with E-state index < -0.39 is 7.12 Å². The SMILES string of the molecule is Cc1ccc(B(O)O)c(OCC(C)C)c1. The van der Waals surface area contributed by atoms with Gasteiger partial charge in [0.05, 0.1) is 6.61 Å². The van der Waals surface area contributed by atoms with Crippen molar-refractivity contribution in [1.29, 1.82) is 0 Å². The van der Waals surface area contributed by atoms with E-state index in [4.69, 9.17) is 14.8 Å². The number of hydrogen-bond acceptors (Lipinski definition) is 3. The summed E-state index contributed by atoms with van der Waals surface area (Å²) in [6.07, 6.45) is 0. The van der Waals surface area contributed by atoms with Gasteiger partial charge in [-0.1, -0.05) is 26.0 Å². The minimum absolute atomic E-state index is 0.411. The molecule has 1 rings (SSSR count). The standard InChI is InChI=1S/C11H17BO3/c1-8(2)7-15-11-6-9(3)4-5-10(11)12(13)14/h4-6,8,13-14H,7H2,1-3H3. The Morgan fingerprint density at radius 3 is 2.53 bits per heavy atom. The average Bonchev–Trinajstić information content (AvgIpc) is 2.14. The molecule has 1 aromatic rings. The van der Waals surface area contributed by atoms with Gasteiger partial charge < -0.3 is 14.8 Å². The molecule has 0 spiro atoms. The Bertz CT molecular complexity index is 324. The molecule has 82 valence electrons. The fourth-order valence-electron chi connectivity index (χ4n) is 1.24. The van der Waals surface area contributed by atoms with Crippen LogP contribution in [0.1, 0.15) is 19.4 Å². The van der Waals surface area contributed by atoms with Crippen molar-refractivity contribution in [2.45, 2.75) is 20.8 Å². The predicted octanol–water partition coefficient (Wildman–Crippen LogP) is 0.710. The summed E-state index contributed by atoms with van der Waals surface area (Å²) in [7, 11) is -1.48. The fraction of sp³-hybridized carbons (Fsp3) is 0.455. The molecular formula is C11H17BO3. The Hall–Kier alpha value is -0.995. The molecule has 0 aliphatic heterocycles. The Balaban J connectivity index is 2.87. The zero-order valence-corrected chi connectivity index (χ0v) is 9.40. The van der Waals surface area contributed by atoms with E-state index in [0.717, 1.165) is 5.56 Å². The number of ether oxygens (including phenoxy) is 1. The van der Waals surface area contributed by atoms with Crippen LogP contribution in [-0.4, -0.2) is 23.8 Å². The quantitative estimate of drug-likeness (QED) is 0.716. The molecule has 0 unspecified atom stereocenters. The lowest BCUT2D eigenvalue weighted by Gasteiger charge is -2.13. The third-order valence-electron chi connectivity index (χ3n) is 2.02. The van der Waals surface area contributed by atoms with E-state index in [0.29, 0.717) is 23.7 Å². The summed E-state index contributed by atoms with van der Waals surface area (Å²) in [5.41, 5.74) is 1.46. The van der Waals surface area contributed by atoms with Crippen LogP contribution in [0.4, 0.5) is 0 Å². The van der Waals surface area contributed by atoms with E-state index in [1.54, 1.807) is 6.07 Å². The van der Waals surface area contributed by atoms with Crippen LogP contribution in [0.25, 0.3) is 0 Å². The van der Waals surface area contributed by atoms with Crippen molar-refractivity contribution in [3.8, 4) is 5.75 Å². The first kappa shape index (κ1) is 12.1. The summed E-state index contributed by atoms with van der Waals surface area (Å²) in [6, 6.07) is 5.32. The largest absolute Gasteiger partial charge is 0.494 e. The second-order valence-electron chi connectivity index (χ2n) is 4.12. The van der Waals surface area contributed by atoms with Crippen LogP contribution in [0.3, 0.4) is 0 Å². The summed E-state index contributed by atoms with van der Waals surface area (Å²) in [4.78, 5) is 0. The zero-order valence-electron chi connectivity index (χ0n) is 9.40. The second-order valence-corrected chi connectivity index (χ2v) is 4.12. The van der Waals surface area contributed by atoms with Crippen molar-refractivity contribution in [1.82, 2.24) is 0 Å². The van der Waals surface area contributed by atoms with Gasteiger partial charge in [-0.15, -0.1) is 0 Å². The van der Waals surface area contributed by atoms with Crippen molar-refractivity contribution < 1.29 is 14.8 Å². The van der Waals surface area contributed by atoms with Crippen LogP contribution in [0.2, 0.25) is 0 Å². The van der Waals surface area contributed by atoms with Crippen LogP contribution < -0.4 is 10.2 Å². The van der Waals surface area contributed by atoms with Crippen molar-refractivity contribution >= 4 is 12.6 Å². The minimum Gasteiger partial charge on any atom is -0.494 e. The Morgan fingerprint density at radius 2 is 2.00 bits per heavy atom. The van der Waals surface area contributed by atoms with E-state index in [1.165, 1.54) is 0 Å². The molecule has 0 saturated heterocycles. The first-order valence-electron chi connectivity index (χ1n) is 5.10. The third kappa shape index (κ3) is 3.57. The first-order valence-corrected chi connectivity index (χ1v) is 5.10. The smallest absolute Gasteiger partial charge is 0.492 e. The molecular weight excluding hydrogens is 191 g/mol. The molecule has 15 heavy (non-hydrogen) atoms. The average molecular weight is 208 g/mol. The normalized spacial score (nSPS) is 10.5. The molecule has 0 atom stereocenters. The molecule has 0 heterocycles. The summed E-state index contributed by atoms with van der Waals surface area (Å²) < 4.78 is 5.52. The van der Waals surface area contributed by atoms with E-state index in [1.807, 2.05) is 32.9 Å². The van der Waals surface area contributed by atoms with Gasteiger partial charge in [-0.3, -0.25) is 0 Å². The highest BCUT2D eigenvalue weighted by atomic mass is 16.5. The number of hydrogen-bond donors (Lipinski definition) is 2. The van der Waals surface area contributed by atoms with Gasteiger partial charge in [-0.2, -0.15) is 0 Å². The molecule has 0 aliphatic rings. The van der Waals surface area contributed by atoms with Gasteiger partial charge in [0.15, 0.2) is 0 Å². The molecule has 0 aromatic heterocycles. The van der Waals surface area contributed by atoms with Crippen LogP contribution in [-0.2, 0) is 0 Å². The Kier molecular flexibility index (Phi) is 4.18. The van der Waals surface area contributed by atoms with Crippen LogP contribution in [0.5, 0.6) is 5.75 Å². The predicted molar refractivity (Wildman–Crippen MR) is 61.3 cm³/mol. The first-order chi connectivity index (χ1) is 7.00. The molecule has 4 heteroatoms. The highest BCUT2D eigenvalue weighted by Gasteiger charge is 2.17. The molecule has 0 amide bonds. The Labute approximate surface area is 90.9 Å².